The zero-order valence-electron chi connectivity index (χ0n) is 14.0. The summed E-state index contributed by atoms with van der Waals surface area (Å²) >= 11 is 0. The van der Waals surface area contributed by atoms with Gasteiger partial charge >= 0.3 is 0 Å². The van der Waals surface area contributed by atoms with Crippen molar-refractivity contribution < 1.29 is 0 Å². The highest BCUT2D eigenvalue weighted by molar-refractivity contribution is 5.54. The SMILES string of the molecule is CC1=C(C)C2(C)C(C)=C(C)C2(C)C(C)(C)C1(C)C. The first kappa shape index (κ1) is 13.9. The monoisotopic (exact) mass is 246 g/mol. The molecule has 0 heterocycles. The first-order valence-electron chi connectivity index (χ1n) is 7.25. The van der Waals surface area contributed by atoms with Crippen molar-refractivity contribution in [3.8, 4) is 0 Å². The van der Waals surface area contributed by atoms with E-state index in [4.69, 9.17) is 0 Å². The standard InChI is InChI=1S/C18H30/c1-11-12(2)17(9)13(3)14(4)18(17,10)16(7,8)15(11,5)6/h1-10H3. The van der Waals surface area contributed by atoms with Gasteiger partial charge in [0.1, 0.15) is 0 Å². The van der Waals surface area contributed by atoms with Crippen LogP contribution in [0.4, 0.5) is 0 Å². The van der Waals surface area contributed by atoms with Crippen LogP contribution in [-0.4, -0.2) is 0 Å². The molecule has 0 bridgehead atoms. The van der Waals surface area contributed by atoms with Gasteiger partial charge in [0.25, 0.3) is 0 Å². The maximum atomic E-state index is 2.49. The summed E-state index contributed by atoms with van der Waals surface area (Å²) < 4.78 is 0. The summed E-state index contributed by atoms with van der Waals surface area (Å²) in [5, 5.41) is 0. The second kappa shape index (κ2) is 3.14. The van der Waals surface area contributed by atoms with Crippen LogP contribution in [0.1, 0.15) is 69.2 Å². The van der Waals surface area contributed by atoms with Crippen LogP contribution in [0.25, 0.3) is 0 Å². The van der Waals surface area contributed by atoms with E-state index in [0.717, 1.165) is 0 Å². The highest BCUT2D eigenvalue weighted by atomic mass is 14.7. The molecule has 0 aromatic heterocycles. The number of hydrogen-bond acceptors (Lipinski definition) is 0. The van der Waals surface area contributed by atoms with Crippen LogP contribution in [0.15, 0.2) is 22.3 Å². The molecule has 102 valence electrons. The van der Waals surface area contributed by atoms with Crippen molar-refractivity contribution in [2.24, 2.45) is 21.7 Å². The summed E-state index contributed by atoms with van der Waals surface area (Å²) in [5.41, 5.74) is 7.52. The fourth-order valence-corrected chi connectivity index (χ4v) is 5.12. The Morgan fingerprint density at radius 3 is 1.39 bits per heavy atom. The second-order valence-corrected chi connectivity index (χ2v) is 8.00. The molecule has 0 saturated heterocycles. The van der Waals surface area contributed by atoms with E-state index < -0.39 is 0 Å². The van der Waals surface area contributed by atoms with Gasteiger partial charge in [-0.05, 0) is 38.5 Å². The van der Waals surface area contributed by atoms with Gasteiger partial charge in [-0.3, -0.25) is 0 Å². The minimum absolute atomic E-state index is 0.257. The molecule has 2 aliphatic rings. The Balaban J connectivity index is 2.88. The smallest absolute Gasteiger partial charge is 0.0188 e. The van der Waals surface area contributed by atoms with Crippen LogP contribution >= 0.6 is 0 Å². The molecule has 2 unspecified atom stereocenters. The zero-order chi connectivity index (χ0) is 14.3. The van der Waals surface area contributed by atoms with E-state index in [9.17, 15) is 0 Å². The maximum Gasteiger partial charge on any atom is 0.0188 e. The molecule has 0 fully saturated rings. The van der Waals surface area contributed by atoms with Crippen molar-refractivity contribution in [1.29, 1.82) is 0 Å². The number of fused-ring (bicyclic) bond motifs is 1. The molecule has 18 heavy (non-hydrogen) atoms. The third-order valence-corrected chi connectivity index (χ3v) is 8.12. The molecule has 0 aromatic rings. The van der Waals surface area contributed by atoms with E-state index in [0.29, 0.717) is 0 Å². The lowest BCUT2D eigenvalue weighted by molar-refractivity contribution is -0.0860. The van der Waals surface area contributed by atoms with Crippen LogP contribution in [0.3, 0.4) is 0 Å². The van der Waals surface area contributed by atoms with Crippen LogP contribution in [0.5, 0.6) is 0 Å². The largest absolute Gasteiger partial charge is 0.0673 e. The third-order valence-electron chi connectivity index (χ3n) is 8.12. The molecule has 0 aliphatic heterocycles. The number of allylic oxidation sites excluding steroid dienone is 4. The Kier molecular flexibility index (Phi) is 2.42. The van der Waals surface area contributed by atoms with Crippen molar-refractivity contribution in [3.05, 3.63) is 22.3 Å². The van der Waals surface area contributed by atoms with Gasteiger partial charge in [0.15, 0.2) is 0 Å². The zero-order valence-corrected chi connectivity index (χ0v) is 14.0. The Morgan fingerprint density at radius 1 is 0.556 bits per heavy atom. The van der Waals surface area contributed by atoms with Crippen molar-refractivity contribution in [2.75, 3.05) is 0 Å². The number of hydrogen-bond donors (Lipinski definition) is 0. The van der Waals surface area contributed by atoms with Gasteiger partial charge in [0.05, 0.1) is 0 Å². The van der Waals surface area contributed by atoms with Gasteiger partial charge in [-0.25, -0.2) is 0 Å². The minimum Gasteiger partial charge on any atom is -0.0673 e. The fraction of sp³-hybridized carbons (Fsp3) is 0.778. The summed E-state index contributed by atoms with van der Waals surface area (Å²) in [6, 6.07) is 0. The molecule has 0 aromatic carbocycles. The Morgan fingerprint density at radius 2 is 0.944 bits per heavy atom. The molecule has 0 nitrogen and oxygen atoms in total. The van der Waals surface area contributed by atoms with Crippen molar-refractivity contribution in [2.45, 2.75) is 69.2 Å². The molecule has 0 N–H and O–H groups in total. The summed E-state index contributed by atoms with van der Waals surface area (Å²) in [5.74, 6) is 0. The van der Waals surface area contributed by atoms with Crippen molar-refractivity contribution in [3.63, 3.8) is 0 Å². The van der Waals surface area contributed by atoms with Crippen LogP contribution in [0, 0.1) is 21.7 Å². The van der Waals surface area contributed by atoms with E-state index in [1.807, 2.05) is 0 Å². The van der Waals surface area contributed by atoms with Gasteiger partial charge in [0, 0.05) is 10.8 Å². The average molecular weight is 246 g/mol. The first-order chi connectivity index (χ1) is 7.88. The average Bonchev–Trinajstić information content (AvgIpc) is 2.31. The van der Waals surface area contributed by atoms with E-state index in [-0.39, 0.29) is 21.7 Å². The Bertz CT molecular complexity index is 484. The predicted octanol–water partition coefficient (Wildman–Crippen LogP) is 5.75. The highest BCUT2D eigenvalue weighted by Gasteiger charge is 2.69. The minimum atomic E-state index is 0.257. The topological polar surface area (TPSA) is 0 Å². The summed E-state index contributed by atoms with van der Waals surface area (Å²) in [4.78, 5) is 0. The van der Waals surface area contributed by atoms with Crippen molar-refractivity contribution >= 4 is 0 Å². The van der Waals surface area contributed by atoms with E-state index in [1.165, 1.54) is 0 Å². The van der Waals surface area contributed by atoms with Gasteiger partial charge in [0.2, 0.25) is 0 Å². The van der Waals surface area contributed by atoms with Crippen LogP contribution in [-0.2, 0) is 0 Å². The Hall–Kier alpha value is -0.520. The molecule has 0 heteroatoms. The quantitative estimate of drug-likeness (QED) is 0.477. The molecule has 0 radical (unpaired) electrons. The fourth-order valence-electron chi connectivity index (χ4n) is 5.12. The predicted molar refractivity (Wildman–Crippen MR) is 80.5 cm³/mol. The van der Waals surface area contributed by atoms with Crippen LogP contribution < -0.4 is 0 Å². The Labute approximate surface area is 114 Å². The summed E-state index contributed by atoms with van der Waals surface area (Å²) in [7, 11) is 0. The maximum absolute atomic E-state index is 2.49. The van der Waals surface area contributed by atoms with Gasteiger partial charge in [-0.1, -0.05) is 63.8 Å². The molecule has 2 aliphatic carbocycles. The van der Waals surface area contributed by atoms with Crippen molar-refractivity contribution in [1.82, 2.24) is 0 Å². The van der Waals surface area contributed by atoms with Gasteiger partial charge < -0.3 is 0 Å². The summed E-state index contributed by atoms with van der Waals surface area (Å²) in [6.07, 6.45) is 0. The molecular formula is C18H30. The first-order valence-corrected chi connectivity index (χ1v) is 7.25. The lowest BCUT2D eigenvalue weighted by Gasteiger charge is -2.72. The van der Waals surface area contributed by atoms with Crippen LogP contribution in [0.2, 0.25) is 0 Å². The van der Waals surface area contributed by atoms with E-state index in [2.05, 4.69) is 69.2 Å². The van der Waals surface area contributed by atoms with Gasteiger partial charge in [-0.15, -0.1) is 0 Å². The lowest BCUT2D eigenvalue weighted by atomic mass is 9.31. The van der Waals surface area contributed by atoms with E-state index >= 15 is 0 Å². The third kappa shape index (κ3) is 0.949. The molecule has 0 spiro atoms. The lowest BCUT2D eigenvalue weighted by Crippen LogP contribution is -2.64. The van der Waals surface area contributed by atoms with E-state index in [1.54, 1.807) is 22.3 Å². The molecule has 2 atom stereocenters. The van der Waals surface area contributed by atoms with Gasteiger partial charge in [-0.2, -0.15) is 0 Å². The number of rotatable bonds is 0. The second-order valence-electron chi connectivity index (χ2n) is 8.00. The molecule has 0 amide bonds. The molecule has 2 rings (SSSR count). The summed E-state index contributed by atoms with van der Waals surface area (Å²) in [6.45, 7) is 24.1. The molecular weight excluding hydrogens is 216 g/mol. The highest BCUT2D eigenvalue weighted by Crippen LogP contribution is 2.77. The molecule has 0 saturated carbocycles. The normalized spacial score (nSPS) is 41.7.